The van der Waals surface area contributed by atoms with Gasteiger partial charge in [-0.15, -0.1) is 24.8 Å². The molecule has 0 spiro atoms. The topological polar surface area (TPSA) is 134 Å². The van der Waals surface area contributed by atoms with Crippen LogP contribution in [-0.4, -0.2) is 82.6 Å². The number of aliphatic hydroxyl groups is 1. The van der Waals surface area contributed by atoms with E-state index >= 15 is 0 Å². The van der Waals surface area contributed by atoms with E-state index in [0.717, 1.165) is 106 Å². The number of hydrogen-bond donors (Lipinski definition) is 4. The number of aryl methyl sites for hydroxylation is 2. The molecular formula is C34H53Cl2N7O4. The fourth-order valence-electron chi connectivity index (χ4n) is 5.78. The van der Waals surface area contributed by atoms with Crippen molar-refractivity contribution in [3.8, 4) is 0 Å². The summed E-state index contributed by atoms with van der Waals surface area (Å²) in [6.45, 7) is 8.56. The zero-order valence-corrected chi connectivity index (χ0v) is 29.7. The average molecular weight is 695 g/mol. The second-order valence-corrected chi connectivity index (χ2v) is 11.8. The Labute approximate surface area is 291 Å². The minimum absolute atomic E-state index is 0. The molecule has 1 aliphatic heterocycles. The van der Waals surface area contributed by atoms with Gasteiger partial charge in [-0.2, -0.15) is 5.10 Å². The van der Waals surface area contributed by atoms with E-state index in [1.807, 2.05) is 17.9 Å². The van der Waals surface area contributed by atoms with Crippen LogP contribution in [0.3, 0.4) is 0 Å². The Kier molecular flexibility index (Phi) is 18.1. The summed E-state index contributed by atoms with van der Waals surface area (Å²) in [5.41, 5.74) is 4.99. The number of halogens is 2. The smallest absolute Gasteiger partial charge is 0.251 e. The van der Waals surface area contributed by atoms with Crippen molar-refractivity contribution in [1.29, 1.82) is 0 Å². The summed E-state index contributed by atoms with van der Waals surface area (Å²) < 4.78 is 7.48. The molecule has 0 radical (unpaired) electrons. The number of unbranched alkanes of at least 4 members (excludes halogenated alkanes) is 4. The Morgan fingerprint density at radius 1 is 1.02 bits per heavy atom. The fraction of sp³-hybridized carbons (Fsp3) is 0.588. The number of amides is 2. The van der Waals surface area contributed by atoms with Gasteiger partial charge in [0.05, 0.1) is 23.9 Å². The minimum Gasteiger partial charge on any atom is -0.395 e. The average Bonchev–Trinajstić information content (AvgIpc) is 3.47. The number of anilines is 2. The van der Waals surface area contributed by atoms with E-state index in [-0.39, 0.29) is 49.3 Å². The Bertz CT molecular complexity index is 1380. The van der Waals surface area contributed by atoms with Crippen LogP contribution in [0.25, 0.3) is 11.0 Å². The summed E-state index contributed by atoms with van der Waals surface area (Å²) in [7, 11) is 2.02. The number of hydrogen-bond acceptors (Lipinski definition) is 8. The number of nitrogens with zero attached hydrogens (tertiary/aromatic N) is 4. The molecule has 1 aromatic carbocycles. The lowest BCUT2D eigenvalue weighted by Gasteiger charge is -2.26. The molecule has 0 bridgehead atoms. The molecular weight excluding hydrogens is 641 g/mol. The lowest BCUT2D eigenvalue weighted by Crippen LogP contribution is -2.30. The molecule has 2 aromatic heterocycles. The first kappa shape index (κ1) is 40.2. The van der Waals surface area contributed by atoms with Gasteiger partial charge in [-0.3, -0.25) is 9.59 Å². The number of fused-ring (bicyclic) bond motifs is 1. The van der Waals surface area contributed by atoms with E-state index in [1.54, 1.807) is 24.3 Å². The van der Waals surface area contributed by atoms with Crippen LogP contribution in [0.4, 0.5) is 11.4 Å². The van der Waals surface area contributed by atoms with Gasteiger partial charge in [0.1, 0.15) is 0 Å². The molecule has 47 heavy (non-hydrogen) atoms. The lowest BCUT2D eigenvalue weighted by molar-refractivity contribution is -0.116. The third-order valence-corrected chi connectivity index (χ3v) is 8.46. The van der Waals surface area contributed by atoms with Crippen LogP contribution in [0.2, 0.25) is 0 Å². The number of aromatic nitrogens is 3. The largest absolute Gasteiger partial charge is 0.395 e. The lowest BCUT2D eigenvalue weighted by atomic mass is 10.0. The molecule has 0 saturated carbocycles. The number of ether oxygens (including phenoxy) is 1. The van der Waals surface area contributed by atoms with Gasteiger partial charge in [-0.1, -0.05) is 26.2 Å². The first-order valence-corrected chi connectivity index (χ1v) is 16.6. The highest BCUT2D eigenvalue weighted by atomic mass is 35.5. The summed E-state index contributed by atoms with van der Waals surface area (Å²) >= 11 is 0. The van der Waals surface area contributed by atoms with E-state index in [9.17, 15) is 9.59 Å². The van der Waals surface area contributed by atoms with Crippen molar-refractivity contribution in [1.82, 2.24) is 25.0 Å². The summed E-state index contributed by atoms with van der Waals surface area (Å²) in [5.74, 6) is -0.195. The standard InChI is InChI=1S/C34H51N7O4.2ClH/c1-4-30-28(32(38-27-16-21-45-22-17-27)29-24-36-41(5-2)33(29)39-30)23-35-34(44)25-12-14-26(15-13-25)37-31(43)11-9-7-6-8-10-18-40(3)19-20-42;;/h12-15,24,27,42H,4-11,16-23H2,1-3H3,(H,35,44)(H,37,43)(H,38,39);2*1H. The van der Waals surface area contributed by atoms with Crippen molar-refractivity contribution in [2.75, 3.05) is 50.6 Å². The van der Waals surface area contributed by atoms with Gasteiger partial charge in [0.15, 0.2) is 5.65 Å². The van der Waals surface area contributed by atoms with Gasteiger partial charge in [0, 0.05) is 67.8 Å². The summed E-state index contributed by atoms with van der Waals surface area (Å²) in [5, 5.41) is 24.3. The fourth-order valence-corrected chi connectivity index (χ4v) is 5.78. The van der Waals surface area contributed by atoms with E-state index in [4.69, 9.17) is 14.8 Å². The van der Waals surface area contributed by atoms with Crippen LogP contribution in [0.5, 0.6) is 0 Å². The van der Waals surface area contributed by atoms with Crippen molar-refractivity contribution < 1.29 is 19.4 Å². The molecule has 0 unspecified atom stereocenters. The molecule has 3 heterocycles. The molecule has 262 valence electrons. The third-order valence-electron chi connectivity index (χ3n) is 8.46. The second-order valence-electron chi connectivity index (χ2n) is 11.8. The maximum Gasteiger partial charge on any atom is 0.251 e. The number of carbonyl (C=O) groups is 2. The summed E-state index contributed by atoms with van der Waals surface area (Å²) in [4.78, 5) is 32.7. The second kappa shape index (κ2) is 21.1. The van der Waals surface area contributed by atoms with Crippen LogP contribution in [0.1, 0.15) is 86.8 Å². The van der Waals surface area contributed by atoms with E-state index in [2.05, 4.69) is 39.8 Å². The maximum atomic E-state index is 13.2. The summed E-state index contributed by atoms with van der Waals surface area (Å²) in [6.07, 6.45) is 10.1. The zero-order chi connectivity index (χ0) is 32.0. The highest BCUT2D eigenvalue weighted by molar-refractivity contribution is 5.96. The first-order chi connectivity index (χ1) is 21.9. The summed E-state index contributed by atoms with van der Waals surface area (Å²) in [6, 6.07) is 7.32. The van der Waals surface area contributed by atoms with Crippen LogP contribution in [0, 0.1) is 0 Å². The normalized spacial score (nSPS) is 13.2. The van der Waals surface area contributed by atoms with Gasteiger partial charge in [0.2, 0.25) is 5.91 Å². The van der Waals surface area contributed by atoms with Gasteiger partial charge < -0.3 is 30.7 Å². The molecule has 13 heteroatoms. The highest BCUT2D eigenvalue weighted by Crippen LogP contribution is 2.31. The number of likely N-dealkylation sites (N-methyl/N-ethyl adjacent to an activating group) is 1. The Balaban J connectivity index is 0.00000384. The van der Waals surface area contributed by atoms with Gasteiger partial charge in [-0.05, 0) is 76.9 Å². The number of pyridine rings is 1. The van der Waals surface area contributed by atoms with E-state index < -0.39 is 0 Å². The van der Waals surface area contributed by atoms with Crippen molar-refractivity contribution in [2.45, 2.75) is 90.8 Å². The van der Waals surface area contributed by atoms with Gasteiger partial charge in [0.25, 0.3) is 5.91 Å². The molecule has 4 N–H and O–H groups in total. The van der Waals surface area contributed by atoms with Gasteiger partial charge in [-0.25, -0.2) is 9.67 Å². The first-order valence-electron chi connectivity index (χ1n) is 16.6. The predicted octanol–water partition coefficient (Wildman–Crippen LogP) is 5.58. The van der Waals surface area contributed by atoms with Crippen molar-refractivity contribution in [3.05, 3.63) is 47.3 Å². The molecule has 3 aromatic rings. The molecule has 0 atom stereocenters. The number of nitrogens with one attached hydrogen (secondary N) is 3. The molecule has 4 rings (SSSR count). The molecule has 1 saturated heterocycles. The van der Waals surface area contributed by atoms with Crippen LogP contribution in [-0.2, 0) is 29.0 Å². The minimum atomic E-state index is -0.182. The monoisotopic (exact) mass is 693 g/mol. The number of benzene rings is 1. The van der Waals surface area contributed by atoms with Crippen molar-refractivity contribution >= 4 is 59.0 Å². The Morgan fingerprint density at radius 3 is 2.40 bits per heavy atom. The molecule has 11 nitrogen and oxygen atoms in total. The third kappa shape index (κ3) is 11.9. The number of rotatable bonds is 18. The Morgan fingerprint density at radius 2 is 1.72 bits per heavy atom. The van der Waals surface area contributed by atoms with E-state index in [0.29, 0.717) is 30.8 Å². The van der Waals surface area contributed by atoms with Crippen molar-refractivity contribution in [2.24, 2.45) is 0 Å². The van der Waals surface area contributed by atoms with Crippen LogP contribution < -0.4 is 16.0 Å². The molecule has 1 aliphatic rings. The van der Waals surface area contributed by atoms with Gasteiger partial charge >= 0.3 is 0 Å². The quantitative estimate of drug-likeness (QED) is 0.127. The molecule has 1 fully saturated rings. The van der Waals surface area contributed by atoms with Crippen molar-refractivity contribution in [3.63, 3.8) is 0 Å². The zero-order valence-electron chi connectivity index (χ0n) is 28.1. The molecule has 2 amide bonds. The van der Waals surface area contributed by atoms with E-state index in [1.165, 1.54) is 0 Å². The number of carbonyl (C=O) groups excluding carboxylic acids is 2. The van der Waals surface area contributed by atoms with Crippen LogP contribution >= 0.6 is 24.8 Å². The van der Waals surface area contributed by atoms with Crippen LogP contribution in [0.15, 0.2) is 30.5 Å². The SMILES string of the molecule is CCc1nc2c(cnn2CC)c(NC2CCOCC2)c1CNC(=O)c1ccc(NC(=O)CCCCCCCN(C)CCO)cc1.Cl.Cl. The Hall–Kier alpha value is -2.96. The predicted molar refractivity (Wildman–Crippen MR) is 193 cm³/mol. The molecule has 0 aliphatic carbocycles. The highest BCUT2D eigenvalue weighted by Gasteiger charge is 2.22. The number of aliphatic hydroxyl groups excluding tert-OH is 1. The maximum absolute atomic E-state index is 13.2.